The topological polar surface area (TPSA) is 55.4 Å². The molecule has 0 fully saturated rings. The second-order valence-electron chi connectivity index (χ2n) is 7.96. The lowest BCUT2D eigenvalue weighted by molar-refractivity contribution is 0.429. The molecule has 0 bridgehead atoms. The van der Waals surface area contributed by atoms with Gasteiger partial charge in [0, 0.05) is 6.54 Å². The van der Waals surface area contributed by atoms with E-state index < -0.39 is 18.3 Å². The number of nitrogens with one attached hydrogen (secondary N) is 1. The Bertz CT molecular complexity index is 714. The van der Waals surface area contributed by atoms with Gasteiger partial charge in [-0.15, -0.1) is 0 Å². The molecule has 146 valence electrons. The van der Waals surface area contributed by atoms with Crippen LogP contribution < -0.4 is 4.72 Å². The lowest BCUT2D eigenvalue weighted by Crippen LogP contribution is -2.39. The van der Waals surface area contributed by atoms with Gasteiger partial charge in [-0.2, -0.15) is 0 Å². The lowest BCUT2D eigenvalue weighted by Gasteiger charge is -2.34. The number of aryl methyl sites for hydroxylation is 1. The summed E-state index contributed by atoms with van der Waals surface area (Å²) in [5, 5.41) is 0.196. The zero-order valence-electron chi connectivity index (χ0n) is 16.9. The molecule has 0 aliphatic heterocycles. The van der Waals surface area contributed by atoms with Gasteiger partial charge < -0.3 is 4.43 Å². The van der Waals surface area contributed by atoms with E-state index in [-0.39, 0.29) is 5.04 Å². The molecule has 26 heavy (non-hydrogen) atoms. The van der Waals surface area contributed by atoms with Crippen LogP contribution in [0, 0.1) is 6.92 Å². The van der Waals surface area contributed by atoms with E-state index in [0.29, 0.717) is 17.9 Å². The average molecular weight is 396 g/mol. The monoisotopic (exact) mass is 395 g/mol. The molecule has 0 aliphatic carbocycles. The molecule has 0 saturated carbocycles. The maximum atomic E-state index is 12.1. The molecule has 1 N–H and O–H groups in total. The van der Waals surface area contributed by atoms with Crippen molar-refractivity contribution in [2.75, 3.05) is 6.54 Å². The van der Waals surface area contributed by atoms with E-state index in [9.17, 15) is 8.42 Å². The Hall–Kier alpha value is -1.37. The van der Waals surface area contributed by atoms with Crippen LogP contribution in [0.15, 0.2) is 53.7 Å². The molecule has 1 aromatic carbocycles. The molecule has 1 rings (SSSR count). The van der Waals surface area contributed by atoms with Gasteiger partial charge in [-0.05, 0) is 56.1 Å². The van der Waals surface area contributed by atoms with Crippen LogP contribution in [0.3, 0.4) is 0 Å². The van der Waals surface area contributed by atoms with Crippen molar-refractivity contribution in [1.29, 1.82) is 0 Å². The summed E-state index contributed by atoms with van der Waals surface area (Å²) in [6, 6.07) is 6.85. The van der Waals surface area contributed by atoms with Gasteiger partial charge in [0.05, 0.1) is 11.2 Å². The molecule has 1 aromatic rings. The fourth-order valence-electron chi connectivity index (χ4n) is 1.82. The molecular formula is C20H33NO3SSi. The highest BCUT2D eigenvalue weighted by Crippen LogP contribution is 2.36. The van der Waals surface area contributed by atoms with Crippen molar-refractivity contribution in [3.8, 4) is 0 Å². The van der Waals surface area contributed by atoms with Crippen LogP contribution in [0.2, 0.25) is 18.1 Å². The van der Waals surface area contributed by atoms with Gasteiger partial charge in [-0.1, -0.05) is 50.6 Å². The first-order valence-electron chi connectivity index (χ1n) is 9.00. The fraction of sp³-hybridized carbons (Fsp3) is 0.500. The summed E-state index contributed by atoms with van der Waals surface area (Å²) in [4.78, 5) is 0.304. The Morgan fingerprint density at radius 3 is 2.27 bits per heavy atom. The Morgan fingerprint density at radius 1 is 1.08 bits per heavy atom. The number of sulfonamides is 1. The van der Waals surface area contributed by atoms with Gasteiger partial charge in [-0.3, -0.25) is 0 Å². The van der Waals surface area contributed by atoms with Gasteiger partial charge in [0.2, 0.25) is 18.3 Å². The first kappa shape index (κ1) is 22.7. The third kappa shape index (κ3) is 7.48. The van der Waals surface area contributed by atoms with Crippen molar-refractivity contribution in [3.05, 3.63) is 54.3 Å². The molecule has 0 aliphatic rings. The molecule has 0 amide bonds. The molecule has 0 saturated heterocycles. The van der Waals surface area contributed by atoms with Crippen LogP contribution in [0.1, 0.15) is 39.2 Å². The van der Waals surface area contributed by atoms with Crippen molar-refractivity contribution < 1.29 is 12.8 Å². The van der Waals surface area contributed by atoms with Gasteiger partial charge in [0.25, 0.3) is 0 Å². The smallest absolute Gasteiger partial charge is 0.249 e. The minimum absolute atomic E-state index is 0.196. The molecule has 4 nitrogen and oxygen atoms in total. The van der Waals surface area contributed by atoms with Gasteiger partial charge in [0.1, 0.15) is 0 Å². The average Bonchev–Trinajstić information content (AvgIpc) is 2.52. The summed E-state index contributed by atoms with van der Waals surface area (Å²) in [6.07, 6.45) is 9.23. The molecule has 0 radical (unpaired) electrons. The molecule has 6 heteroatoms. The van der Waals surface area contributed by atoms with Crippen LogP contribution in [0.4, 0.5) is 0 Å². The van der Waals surface area contributed by atoms with E-state index in [1.807, 2.05) is 31.4 Å². The highest BCUT2D eigenvalue weighted by atomic mass is 32.2. The summed E-state index contributed by atoms with van der Waals surface area (Å²) in [7, 11) is -5.15. The number of hydrogen-bond donors (Lipinski definition) is 1. The van der Waals surface area contributed by atoms with Crippen molar-refractivity contribution in [3.63, 3.8) is 0 Å². The van der Waals surface area contributed by atoms with Crippen LogP contribution in [-0.4, -0.2) is 23.3 Å². The van der Waals surface area contributed by atoms with Gasteiger partial charge in [0.15, 0.2) is 0 Å². The molecule has 0 atom stereocenters. The Labute approximate surface area is 160 Å². The van der Waals surface area contributed by atoms with E-state index >= 15 is 0 Å². The summed E-state index contributed by atoms with van der Waals surface area (Å²) in [6.45, 7) is 13.4. The highest BCUT2D eigenvalue weighted by Gasteiger charge is 2.37. The van der Waals surface area contributed by atoms with E-state index in [0.717, 1.165) is 12.0 Å². The summed E-state index contributed by atoms with van der Waals surface area (Å²) in [5.74, 6) is 0. The molecule has 0 aromatic heterocycles. The van der Waals surface area contributed by atoms with E-state index in [4.69, 9.17) is 4.43 Å². The van der Waals surface area contributed by atoms with Crippen molar-refractivity contribution in [2.24, 2.45) is 0 Å². The first-order chi connectivity index (χ1) is 12.0. The van der Waals surface area contributed by atoms with Crippen LogP contribution in [0.25, 0.3) is 0 Å². The number of rotatable bonds is 9. The van der Waals surface area contributed by atoms with Crippen molar-refractivity contribution in [1.82, 2.24) is 4.72 Å². The maximum Gasteiger partial charge on any atom is 0.249 e. The third-order valence-corrected chi connectivity index (χ3v) is 10.5. The third-order valence-electron chi connectivity index (χ3n) is 4.64. The largest absolute Gasteiger partial charge is 0.549 e. The molecule has 0 spiro atoms. The predicted octanol–water partition coefficient (Wildman–Crippen LogP) is 5.15. The van der Waals surface area contributed by atoms with Crippen LogP contribution in [0.5, 0.6) is 0 Å². The number of hydrogen-bond acceptors (Lipinski definition) is 3. The lowest BCUT2D eigenvalue weighted by atomic mass is 10.2. The maximum absolute atomic E-state index is 12.1. The quantitative estimate of drug-likeness (QED) is 0.272. The standard InChI is InChI=1S/C20H33NO3SSi/c1-18-12-14-19(15-13-18)25(22,23)21-16-10-8-7-9-11-17-24-26(5,6)20(2,3)4/h7-8,11-15,17,21H,9-10,16H2,1-6H3/b8-7+,17-11+. The molecule has 0 heterocycles. The first-order valence-corrected chi connectivity index (χ1v) is 13.4. The predicted molar refractivity (Wildman–Crippen MR) is 112 cm³/mol. The highest BCUT2D eigenvalue weighted by molar-refractivity contribution is 7.89. The van der Waals surface area contributed by atoms with Crippen LogP contribution >= 0.6 is 0 Å². The van der Waals surface area contributed by atoms with Crippen molar-refractivity contribution in [2.45, 2.75) is 63.6 Å². The number of benzene rings is 1. The normalized spacial score (nSPS) is 13.6. The SMILES string of the molecule is Cc1ccc(S(=O)(=O)NCC/C=C/C/C=C/O[Si](C)(C)C(C)(C)C)cc1. The summed E-state index contributed by atoms with van der Waals surface area (Å²) >= 11 is 0. The fourth-order valence-corrected chi connectivity index (χ4v) is 3.66. The molecular weight excluding hydrogens is 362 g/mol. The van der Waals surface area contributed by atoms with Crippen LogP contribution in [-0.2, 0) is 14.4 Å². The van der Waals surface area contributed by atoms with Gasteiger partial charge in [-0.25, -0.2) is 13.1 Å². The second-order valence-corrected chi connectivity index (χ2v) is 14.5. The van der Waals surface area contributed by atoms with E-state index in [1.54, 1.807) is 24.3 Å². The Balaban J connectivity index is 2.31. The van der Waals surface area contributed by atoms with E-state index in [2.05, 4.69) is 38.6 Å². The van der Waals surface area contributed by atoms with Gasteiger partial charge >= 0.3 is 0 Å². The minimum atomic E-state index is -3.42. The zero-order chi connectivity index (χ0) is 19.8. The molecule has 0 unspecified atom stereocenters. The zero-order valence-corrected chi connectivity index (χ0v) is 18.7. The Morgan fingerprint density at radius 2 is 1.69 bits per heavy atom. The van der Waals surface area contributed by atoms with E-state index in [1.165, 1.54) is 0 Å². The second kappa shape index (κ2) is 9.53. The minimum Gasteiger partial charge on any atom is -0.549 e. The van der Waals surface area contributed by atoms with Crippen molar-refractivity contribution >= 4 is 18.3 Å². The summed E-state index contributed by atoms with van der Waals surface area (Å²) < 4.78 is 32.8. The Kier molecular flexibility index (Phi) is 8.31. The summed E-state index contributed by atoms with van der Waals surface area (Å²) in [5.41, 5.74) is 1.04. The number of allylic oxidation sites excluding steroid dienone is 2.